The molecule has 4 aromatic rings. The average molecular weight is 450 g/mol. The van der Waals surface area contributed by atoms with Crippen molar-refractivity contribution in [3.63, 3.8) is 0 Å². The molecule has 0 saturated heterocycles. The van der Waals surface area contributed by atoms with E-state index in [1.807, 2.05) is 77.4 Å². The molecular formula is C22H16BrN3OS. The predicted octanol–water partition coefficient (Wildman–Crippen LogP) is 5.72. The van der Waals surface area contributed by atoms with Crippen LogP contribution >= 0.6 is 28.1 Å². The number of nitrogens with zero attached hydrogens (tertiary/aromatic N) is 3. The van der Waals surface area contributed by atoms with E-state index in [0.29, 0.717) is 16.2 Å². The lowest BCUT2D eigenvalue weighted by Crippen LogP contribution is -2.12. The third-order valence-electron chi connectivity index (χ3n) is 4.35. The Morgan fingerprint density at radius 2 is 1.50 bits per heavy atom. The van der Waals surface area contributed by atoms with Gasteiger partial charge < -0.3 is 0 Å². The number of Topliss-reactive ketones (excluding diaryl/α,β-unsaturated/α-hetero) is 1. The van der Waals surface area contributed by atoms with Crippen molar-refractivity contribution in [2.24, 2.45) is 0 Å². The first kappa shape index (κ1) is 18.5. The lowest BCUT2D eigenvalue weighted by atomic mass is 10.1. The molecule has 0 radical (unpaired) electrons. The highest BCUT2D eigenvalue weighted by Crippen LogP contribution is 2.24. The smallest absolute Gasteiger partial charge is 0.203 e. The van der Waals surface area contributed by atoms with Crippen LogP contribution < -0.4 is 0 Å². The van der Waals surface area contributed by atoms with Crippen molar-refractivity contribution in [3.05, 3.63) is 99.7 Å². The van der Waals surface area contributed by atoms with Crippen molar-refractivity contribution in [1.82, 2.24) is 14.3 Å². The number of carbonyl (C=O) groups excluding carboxylic acids is 1. The van der Waals surface area contributed by atoms with Gasteiger partial charge in [-0.05, 0) is 36.5 Å². The van der Waals surface area contributed by atoms with Crippen molar-refractivity contribution in [2.45, 2.75) is 6.54 Å². The maximum Gasteiger partial charge on any atom is 0.203 e. The van der Waals surface area contributed by atoms with E-state index in [2.05, 4.69) is 15.9 Å². The van der Waals surface area contributed by atoms with Gasteiger partial charge in [0.05, 0.1) is 0 Å². The van der Waals surface area contributed by atoms with Gasteiger partial charge in [-0.15, -0.1) is 0 Å². The van der Waals surface area contributed by atoms with Crippen LogP contribution in [0.25, 0.3) is 17.1 Å². The van der Waals surface area contributed by atoms with Crippen molar-refractivity contribution in [1.29, 1.82) is 0 Å². The lowest BCUT2D eigenvalue weighted by molar-refractivity contribution is 0.0967. The zero-order chi connectivity index (χ0) is 19.5. The molecule has 0 bridgehead atoms. The number of para-hydroxylation sites is 1. The first-order valence-electron chi connectivity index (χ1n) is 8.73. The minimum absolute atomic E-state index is 0.0308. The van der Waals surface area contributed by atoms with Gasteiger partial charge in [-0.3, -0.25) is 9.36 Å². The summed E-state index contributed by atoms with van der Waals surface area (Å²) in [6.45, 7) is 0.0895. The first-order valence-corrected chi connectivity index (χ1v) is 9.93. The Morgan fingerprint density at radius 3 is 2.14 bits per heavy atom. The van der Waals surface area contributed by atoms with Crippen molar-refractivity contribution < 1.29 is 4.79 Å². The van der Waals surface area contributed by atoms with Crippen molar-refractivity contribution in [2.75, 3.05) is 0 Å². The second-order valence-electron chi connectivity index (χ2n) is 6.23. The highest BCUT2D eigenvalue weighted by Gasteiger charge is 2.16. The Morgan fingerprint density at radius 1 is 0.893 bits per heavy atom. The van der Waals surface area contributed by atoms with Crippen molar-refractivity contribution >= 4 is 33.9 Å². The van der Waals surface area contributed by atoms with E-state index < -0.39 is 0 Å². The molecule has 4 rings (SSSR count). The van der Waals surface area contributed by atoms with E-state index in [1.165, 1.54) is 0 Å². The molecular weight excluding hydrogens is 434 g/mol. The number of hydrogen-bond acceptors (Lipinski definition) is 3. The zero-order valence-electron chi connectivity index (χ0n) is 14.8. The molecule has 0 fully saturated rings. The monoisotopic (exact) mass is 449 g/mol. The summed E-state index contributed by atoms with van der Waals surface area (Å²) in [7, 11) is 0. The number of benzene rings is 3. The molecule has 0 aliphatic heterocycles. The normalized spacial score (nSPS) is 10.8. The largest absolute Gasteiger partial charge is 0.292 e. The number of ketones is 1. The molecule has 0 amide bonds. The molecule has 138 valence electrons. The summed E-state index contributed by atoms with van der Waals surface area (Å²) in [6, 6.07) is 26.9. The molecule has 0 N–H and O–H groups in total. The van der Waals surface area contributed by atoms with Crippen LogP contribution in [-0.2, 0) is 6.54 Å². The van der Waals surface area contributed by atoms with Gasteiger partial charge in [0.25, 0.3) is 0 Å². The van der Waals surface area contributed by atoms with Gasteiger partial charge in [-0.25, -0.2) is 4.68 Å². The molecule has 0 spiro atoms. The third kappa shape index (κ3) is 3.74. The van der Waals surface area contributed by atoms with Crippen LogP contribution in [0.3, 0.4) is 0 Å². The Bertz CT molecular complexity index is 1170. The summed E-state index contributed by atoms with van der Waals surface area (Å²) in [5.41, 5.74) is 2.47. The van der Waals surface area contributed by atoms with Crippen LogP contribution in [0.2, 0.25) is 0 Å². The number of aromatic nitrogens is 3. The first-order chi connectivity index (χ1) is 13.6. The molecule has 1 heterocycles. The van der Waals surface area contributed by atoms with E-state index in [1.54, 1.807) is 16.8 Å². The summed E-state index contributed by atoms with van der Waals surface area (Å²) in [6.07, 6.45) is 0. The van der Waals surface area contributed by atoms with Crippen LogP contribution in [0.1, 0.15) is 10.4 Å². The lowest BCUT2D eigenvalue weighted by Gasteiger charge is -2.06. The molecule has 1 aromatic heterocycles. The summed E-state index contributed by atoms with van der Waals surface area (Å²) in [5.74, 6) is 0.668. The van der Waals surface area contributed by atoms with Crippen LogP contribution in [-0.4, -0.2) is 20.1 Å². The predicted molar refractivity (Wildman–Crippen MR) is 116 cm³/mol. The molecule has 3 aromatic carbocycles. The Balaban J connectivity index is 1.81. The maximum absolute atomic E-state index is 12.7. The topological polar surface area (TPSA) is 39.8 Å². The number of hydrogen-bond donors (Lipinski definition) is 0. The second kappa shape index (κ2) is 8.04. The second-order valence-corrected chi connectivity index (χ2v) is 7.51. The maximum atomic E-state index is 12.7. The fourth-order valence-electron chi connectivity index (χ4n) is 2.96. The molecule has 0 atom stereocenters. The highest BCUT2D eigenvalue weighted by atomic mass is 79.9. The van der Waals surface area contributed by atoms with Crippen LogP contribution in [0, 0.1) is 4.77 Å². The summed E-state index contributed by atoms with van der Waals surface area (Å²) < 4.78 is 4.96. The molecule has 0 aliphatic rings. The van der Waals surface area contributed by atoms with Crippen molar-refractivity contribution in [3.8, 4) is 17.1 Å². The van der Waals surface area contributed by atoms with Crippen LogP contribution in [0.15, 0.2) is 89.4 Å². The molecule has 0 saturated carbocycles. The Labute approximate surface area is 176 Å². The van der Waals surface area contributed by atoms with E-state index >= 15 is 0 Å². The fourth-order valence-corrected chi connectivity index (χ4v) is 3.52. The standard InChI is InChI=1S/C22H16BrN3OS/c23-18-13-11-17(12-14-18)21-24-25(15-20(27)16-7-3-1-4-8-16)22(28)26(21)19-9-5-2-6-10-19/h1-14H,15H2. The quantitative estimate of drug-likeness (QED) is 0.289. The minimum atomic E-state index is -0.0308. The van der Waals surface area contributed by atoms with Gasteiger partial charge in [0.1, 0.15) is 6.54 Å². The molecule has 28 heavy (non-hydrogen) atoms. The van der Waals surface area contributed by atoms with E-state index in [9.17, 15) is 4.79 Å². The van der Waals surface area contributed by atoms with Gasteiger partial charge in [0.15, 0.2) is 11.6 Å². The van der Waals surface area contributed by atoms with Crippen LogP contribution in [0.5, 0.6) is 0 Å². The summed E-state index contributed by atoms with van der Waals surface area (Å²) in [5, 5.41) is 4.69. The van der Waals surface area contributed by atoms with Gasteiger partial charge in [-0.2, -0.15) is 5.10 Å². The van der Waals surface area contributed by atoms with Gasteiger partial charge in [0.2, 0.25) is 4.77 Å². The number of carbonyl (C=O) groups is 1. The minimum Gasteiger partial charge on any atom is -0.292 e. The summed E-state index contributed by atoms with van der Waals surface area (Å²) in [4.78, 5) is 12.7. The van der Waals surface area contributed by atoms with Gasteiger partial charge in [0, 0.05) is 21.3 Å². The molecule has 0 aliphatic carbocycles. The fraction of sp³-hybridized carbons (Fsp3) is 0.0455. The Hall–Kier alpha value is -2.83. The SMILES string of the molecule is O=C(Cn1nc(-c2ccc(Br)cc2)n(-c2ccccc2)c1=S)c1ccccc1. The zero-order valence-corrected chi connectivity index (χ0v) is 17.2. The van der Waals surface area contributed by atoms with Crippen LogP contribution in [0.4, 0.5) is 0 Å². The third-order valence-corrected chi connectivity index (χ3v) is 5.27. The number of rotatable bonds is 5. The van der Waals surface area contributed by atoms with E-state index in [-0.39, 0.29) is 12.3 Å². The molecule has 0 unspecified atom stereocenters. The molecule has 6 heteroatoms. The molecule has 4 nitrogen and oxygen atoms in total. The van der Waals surface area contributed by atoms with Gasteiger partial charge in [-0.1, -0.05) is 76.6 Å². The van der Waals surface area contributed by atoms with Gasteiger partial charge >= 0.3 is 0 Å². The average Bonchev–Trinajstić information content (AvgIpc) is 3.06. The Kier molecular flexibility index (Phi) is 5.32. The number of halogens is 1. The highest BCUT2D eigenvalue weighted by molar-refractivity contribution is 9.10. The van der Waals surface area contributed by atoms with E-state index in [0.717, 1.165) is 15.7 Å². The summed E-state index contributed by atoms with van der Waals surface area (Å²) >= 11 is 9.15. The van der Waals surface area contributed by atoms with E-state index in [4.69, 9.17) is 17.3 Å².